The molecule has 6 nitrogen and oxygen atoms in total. The molecule has 0 bridgehead atoms. The lowest BCUT2D eigenvalue weighted by atomic mass is 10.2. The van der Waals surface area contributed by atoms with Crippen LogP contribution in [-0.2, 0) is 20.7 Å². The third kappa shape index (κ3) is 5.39. The molecule has 0 aliphatic rings. The van der Waals surface area contributed by atoms with Gasteiger partial charge in [-0.05, 0) is 19.4 Å². The summed E-state index contributed by atoms with van der Waals surface area (Å²) in [5, 5.41) is 11.4. The molecule has 7 heteroatoms. The number of hydrogen-bond acceptors (Lipinski definition) is 5. The predicted molar refractivity (Wildman–Crippen MR) is 79.7 cm³/mol. The summed E-state index contributed by atoms with van der Waals surface area (Å²) in [7, 11) is 0. The number of ether oxygens (including phenoxy) is 1. The molecule has 0 fully saturated rings. The Morgan fingerprint density at radius 3 is 2.62 bits per heavy atom. The summed E-state index contributed by atoms with van der Waals surface area (Å²) >= 11 is 1.29. The zero-order chi connectivity index (χ0) is 15.8. The van der Waals surface area contributed by atoms with Gasteiger partial charge in [-0.3, -0.25) is 4.79 Å². The molecule has 2 N–H and O–H groups in total. The van der Waals surface area contributed by atoms with E-state index in [9.17, 15) is 14.4 Å². The quantitative estimate of drug-likeness (QED) is 0.596. The van der Waals surface area contributed by atoms with Crippen LogP contribution < -0.4 is 5.32 Å². The zero-order valence-electron chi connectivity index (χ0n) is 11.8. The average Bonchev–Trinajstić information content (AvgIpc) is 2.80. The van der Waals surface area contributed by atoms with Gasteiger partial charge in [-0.2, -0.15) is 0 Å². The second-order valence-corrected chi connectivity index (χ2v) is 5.22. The lowest BCUT2D eigenvalue weighted by molar-refractivity contribution is -0.131. The maximum absolute atomic E-state index is 11.9. The summed E-state index contributed by atoms with van der Waals surface area (Å²) in [6, 6.07) is 1.70. The van der Waals surface area contributed by atoms with Crippen LogP contribution in [0.15, 0.2) is 18.2 Å². The summed E-state index contributed by atoms with van der Waals surface area (Å²) < 4.78 is 4.94. The monoisotopic (exact) mass is 311 g/mol. The van der Waals surface area contributed by atoms with Gasteiger partial charge in [0.1, 0.15) is 5.00 Å². The summed E-state index contributed by atoms with van der Waals surface area (Å²) in [6.45, 7) is 3.95. The molecule has 0 spiro atoms. The van der Waals surface area contributed by atoms with Crippen molar-refractivity contribution >= 4 is 34.2 Å². The van der Waals surface area contributed by atoms with Crippen LogP contribution in [0, 0.1) is 0 Å². The molecule has 0 saturated heterocycles. The first-order chi connectivity index (χ1) is 9.97. The number of amides is 1. The minimum atomic E-state index is -1.21. The molecule has 1 amide bonds. The first kappa shape index (κ1) is 16.9. The number of aryl methyl sites for hydroxylation is 1. The smallest absolute Gasteiger partial charge is 0.341 e. The number of carbonyl (C=O) groups is 3. The summed E-state index contributed by atoms with van der Waals surface area (Å²) in [5.41, 5.74) is 0.294. The van der Waals surface area contributed by atoms with Gasteiger partial charge in [-0.15, -0.1) is 11.3 Å². The zero-order valence-corrected chi connectivity index (χ0v) is 12.7. The van der Waals surface area contributed by atoms with Gasteiger partial charge in [0.15, 0.2) is 0 Å². The molecular weight excluding hydrogens is 294 g/mol. The van der Waals surface area contributed by atoms with Gasteiger partial charge in [0.25, 0.3) is 0 Å². The average molecular weight is 311 g/mol. The number of rotatable bonds is 7. The first-order valence-corrected chi connectivity index (χ1v) is 7.31. The van der Waals surface area contributed by atoms with Crippen LogP contribution >= 0.6 is 11.3 Å². The van der Waals surface area contributed by atoms with Crippen molar-refractivity contribution in [3.63, 3.8) is 0 Å². The van der Waals surface area contributed by atoms with E-state index >= 15 is 0 Å². The summed E-state index contributed by atoms with van der Waals surface area (Å²) in [6.07, 6.45) is 3.34. The Hall–Kier alpha value is -2.15. The molecule has 0 atom stereocenters. The third-order valence-corrected chi connectivity index (χ3v) is 3.50. The number of aliphatic carboxylic acids is 1. The minimum absolute atomic E-state index is 0.240. The van der Waals surface area contributed by atoms with Gasteiger partial charge in [-0.1, -0.05) is 13.3 Å². The lowest BCUT2D eigenvalue weighted by Crippen LogP contribution is -2.12. The van der Waals surface area contributed by atoms with Gasteiger partial charge in [0.2, 0.25) is 5.91 Å². The summed E-state index contributed by atoms with van der Waals surface area (Å²) in [5.74, 6) is -2.32. The Labute approximate surface area is 126 Å². The number of nitrogens with one attached hydrogen (secondary N) is 1. The van der Waals surface area contributed by atoms with E-state index < -0.39 is 17.8 Å². The van der Waals surface area contributed by atoms with E-state index in [0.717, 1.165) is 29.9 Å². The van der Waals surface area contributed by atoms with Gasteiger partial charge in [0.05, 0.1) is 12.2 Å². The number of hydrogen-bond donors (Lipinski definition) is 2. The second kappa shape index (κ2) is 8.21. The fourth-order valence-corrected chi connectivity index (χ4v) is 2.71. The van der Waals surface area contributed by atoms with Crippen molar-refractivity contribution in [2.45, 2.75) is 26.7 Å². The number of thiophene rings is 1. The molecule has 21 heavy (non-hydrogen) atoms. The molecule has 0 aliphatic carbocycles. The van der Waals surface area contributed by atoms with Crippen molar-refractivity contribution in [1.82, 2.24) is 0 Å². The first-order valence-electron chi connectivity index (χ1n) is 6.49. The second-order valence-electron chi connectivity index (χ2n) is 4.09. The normalized spacial score (nSPS) is 10.6. The molecule has 1 heterocycles. The maximum Gasteiger partial charge on any atom is 0.341 e. The number of carbonyl (C=O) groups excluding carboxylic acids is 2. The fraction of sp³-hybridized carbons (Fsp3) is 0.357. The van der Waals surface area contributed by atoms with E-state index in [2.05, 4.69) is 5.32 Å². The molecular formula is C14H17NO5S. The Kier molecular flexibility index (Phi) is 6.61. The van der Waals surface area contributed by atoms with Crippen molar-refractivity contribution in [2.75, 3.05) is 11.9 Å². The fourth-order valence-electron chi connectivity index (χ4n) is 1.57. The Morgan fingerprint density at radius 1 is 1.33 bits per heavy atom. The maximum atomic E-state index is 11.9. The van der Waals surface area contributed by atoms with Gasteiger partial charge < -0.3 is 15.2 Å². The highest BCUT2D eigenvalue weighted by molar-refractivity contribution is 7.16. The number of carboxylic acids is 1. The third-order valence-electron chi connectivity index (χ3n) is 2.39. The van der Waals surface area contributed by atoms with Crippen molar-refractivity contribution in [3.8, 4) is 0 Å². The number of esters is 1. The van der Waals surface area contributed by atoms with Crippen LogP contribution in [0.2, 0.25) is 0 Å². The van der Waals surface area contributed by atoms with Crippen LogP contribution in [0.3, 0.4) is 0 Å². The highest BCUT2D eigenvalue weighted by atomic mass is 32.1. The SMILES string of the molecule is CCCc1cc(C(=O)OCC)c(NC(=O)/C=C\C(=O)O)s1. The molecule has 0 aromatic carbocycles. The topological polar surface area (TPSA) is 92.7 Å². The van der Waals surface area contributed by atoms with Crippen LogP contribution in [-0.4, -0.2) is 29.6 Å². The van der Waals surface area contributed by atoms with Gasteiger partial charge in [0, 0.05) is 17.0 Å². The molecule has 1 rings (SSSR count). The highest BCUT2D eigenvalue weighted by Gasteiger charge is 2.18. The highest BCUT2D eigenvalue weighted by Crippen LogP contribution is 2.29. The molecule has 1 aromatic rings. The Bertz CT molecular complexity index is 562. The van der Waals surface area contributed by atoms with Crippen LogP contribution in [0.5, 0.6) is 0 Å². The lowest BCUT2D eigenvalue weighted by Gasteiger charge is -2.03. The van der Waals surface area contributed by atoms with Crippen LogP contribution in [0.25, 0.3) is 0 Å². The van der Waals surface area contributed by atoms with E-state index in [1.807, 2.05) is 6.92 Å². The molecule has 0 radical (unpaired) electrons. The predicted octanol–water partition coefficient (Wildman–Crippen LogP) is 2.46. The summed E-state index contributed by atoms with van der Waals surface area (Å²) in [4.78, 5) is 34.8. The van der Waals surface area contributed by atoms with Crippen LogP contribution in [0.4, 0.5) is 5.00 Å². The van der Waals surface area contributed by atoms with E-state index in [4.69, 9.17) is 9.84 Å². The van der Waals surface area contributed by atoms with Gasteiger partial charge in [-0.25, -0.2) is 9.59 Å². The van der Waals surface area contributed by atoms with Crippen molar-refractivity contribution in [2.24, 2.45) is 0 Å². The molecule has 114 valence electrons. The van der Waals surface area contributed by atoms with E-state index in [1.54, 1.807) is 13.0 Å². The molecule has 0 unspecified atom stereocenters. The van der Waals surface area contributed by atoms with E-state index in [-0.39, 0.29) is 6.61 Å². The minimum Gasteiger partial charge on any atom is -0.478 e. The van der Waals surface area contributed by atoms with Gasteiger partial charge >= 0.3 is 11.9 Å². The Balaban J connectivity index is 2.95. The van der Waals surface area contributed by atoms with Crippen molar-refractivity contribution in [3.05, 3.63) is 28.7 Å². The molecule has 1 aromatic heterocycles. The van der Waals surface area contributed by atoms with Crippen molar-refractivity contribution < 1.29 is 24.2 Å². The molecule has 0 saturated carbocycles. The standard InChI is InChI=1S/C14H17NO5S/c1-3-5-9-8-10(14(19)20-4-2)13(21-9)15-11(16)6-7-12(17)18/h6-8H,3-5H2,1-2H3,(H,15,16)(H,17,18)/b7-6-. The number of anilines is 1. The van der Waals surface area contributed by atoms with E-state index in [1.165, 1.54) is 11.3 Å². The van der Waals surface area contributed by atoms with Crippen molar-refractivity contribution in [1.29, 1.82) is 0 Å². The number of carboxylic acid groups (broad SMARTS) is 1. The van der Waals surface area contributed by atoms with Crippen LogP contribution in [0.1, 0.15) is 35.5 Å². The molecule has 0 aliphatic heterocycles. The largest absolute Gasteiger partial charge is 0.478 e. The van der Waals surface area contributed by atoms with E-state index in [0.29, 0.717) is 10.6 Å². The Morgan fingerprint density at radius 2 is 2.05 bits per heavy atom.